The summed E-state index contributed by atoms with van der Waals surface area (Å²) in [6.07, 6.45) is 2.91. The first-order chi connectivity index (χ1) is 6.61. The number of aromatic nitrogens is 1. The summed E-state index contributed by atoms with van der Waals surface area (Å²) < 4.78 is 0. The second-order valence-corrected chi connectivity index (χ2v) is 4.28. The van der Waals surface area contributed by atoms with Crippen LogP contribution in [0.15, 0.2) is 12.3 Å². The van der Waals surface area contributed by atoms with E-state index in [-0.39, 0.29) is 0 Å². The third-order valence-electron chi connectivity index (χ3n) is 2.10. The van der Waals surface area contributed by atoms with Gasteiger partial charge in [-0.2, -0.15) is 0 Å². The van der Waals surface area contributed by atoms with Gasteiger partial charge in [0.25, 0.3) is 0 Å². The van der Waals surface area contributed by atoms with E-state index in [2.05, 4.69) is 24.1 Å². The lowest BCUT2D eigenvalue weighted by Gasteiger charge is -2.09. The summed E-state index contributed by atoms with van der Waals surface area (Å²) in [6.45, 7) is 7.31. The van der Waals surface area contributed by atoms with Gasteiger partial charge in [0.05, 0.1) is 5.02 Å². The lowest BCUT2D eigenvalue weighted by atomic mass is 10.1. The van der Waals surface area contributed by atoms with Crippen LogP contribution < -0.4 is 5.32 Å². The molecule has 0 spiro atoms. The molecule has 1 aromatic rings. The van der Waals surface area contributed by atoms with Gasteiger partial charge in [-0.3, -0.25) is 0 Å². The highest BCUT2D eigenvalue weighted by Crippen LogP contribution is 2.22. The van der Waals surface area contributed by atoms with Crippen LogP contribution in [0.5, 0.6) is 0 Å². The molecule has 0 fully saturated rings. The topological polar surface area (TPSA) is 24.9 Å². The SMILES string of the molecule is Cc1ccnc(NCCC(C)C)c1Cl. The van der Waals surface area contributed by atoms with Crippen molar-refractivity contribution in [3.8, 4) is 0 Å². The molecule has 0 atom stereocenters. The molecule has 1 rings (SSSR count). The summed E-state index contributed by atoms with van der Waals surface area (Å²) in [5.41, 5.74) is 1.06. The van der Waals surface area contributed by atoms with Crippen molar-refractivity contribution in [2.24, 2.45) is 5.92 Å². The molecule has 0 aromatic carbocycles. The van der Waals surface area contributed by atoms with E-state index in [9.17, 15) is 0 Å². The Bertz CT molecular complexity index is 297. The predicted octanol–water partition coefficient (Wildman–Crippen LogP) is 3.50. The Morgan fingerprint density at radius 1 is 1.50 bits per heavy atom. The van der Waals surface area contributed by atoms with Crippen LogP contribution in [-0.4, -0.2) is 11.5 Å². The Labute approximate surface area is 90.7 Å². The van der Waals surface area contributed by atoms with Gasteiger partial charge in [0.1, 0.15) is 5.82 Å². The van der Waals surface area contributed by atoms with Crippen LogP contribution in [0.3, 0.4) is 0 Å². The number of aryl methyl sites for hydroxylation is 1. The summed E-state index contributed by atoms with van der Waals surface area (Å²) in [5, 5.41) is 3.97. The van der Waals surface area contributed by atoms with Crippen molar-refractivity contribution in [2.45, 2.75) is 27.2 Å². The normalized spacial score (nSPS) is 10.6. The predicted molar refractivity (Wildman–Crippen MR) is 61.9 cm³/mol. The van der Waals surface area contributed by atoms with Crippen LogP contribution in [0.4, 0.5) is 5.82 Å². The van der Waals surface area contributed by atoms with Crippen LogP contribution in [0.1, 0.15) is 25.8 Å². The first-order valence-corrected chi connectivity index (χ1v) is 5.34. The Morgan fingerprint density at radius 2 is 2.21 bits per heavy atom. The number of anilines is 1. The van der Waals surface area contributed by atoms with Crippen LogP contribution in [-0.2, 0) is 0 Å². The van der Waals surface area contributed by atoms with Crippen molar-refractivity contribution in [3.63, 3.8) is 0 Å². The number of nitrogens with zero attached hydrogens (tertiary/aromatic N) is 1. The van der Waals surface area contributed by atoms with Crippen LogP contribution in [0, 0.1) is 12.8 Å². The van der Waals surface area contributed by atoms with Crippen molar-refractivity contribution < 1.29 is 0 Å². The Balaban J connectivity index is 2.54. The fourth-order valence-electron chi connectivity index (χ4n) is 1.14. The minimum absolute atomic E-state index is 0.700. The summed E-state index contributed by atoms with van der Waals surface area (Å²) in [5.74, 6) is 1.50. The molecule has 0 saturated heterocycles. The van der Waals surface area contributed by atoms with E-state index >= 15 is 0 Å². The highest BCUT2D eigenvalue weighted by molar-refractivity contribution is 6.33. The summed E-state index contributed by atoms with van der Waals surface area (Å²) in [6, 6.07) is 1.91. The molecule has 0 radical (unpaired) electrons. The fourth-order valence-corrected chi connectivity index (χ4v) is 1.32. The van der Waals surface area contributed by atoms with E-state index in [1.165, 1.54) is 0 Å². The van der Waals surface area contributed by atoms with Gasteiger partial charge in [-0.1, -0.05) is 25.4 Å². The van der Waals surface area contributed by atoms with E-state index in [0.29, 0.717) is 5.92 Å². The quantitative estimate of drug-likeness (QED) is 0.827. The van der Waals surface area contributed by atoms with E-state index in [1.54, 1.807) is 6.20 Å². The van der Waals surface area contributed by atoms with E-state index in [0.717, 1.165) is 29.4 Å². The number of rotatable bonds is 4. The van der Waals surface area contributed by atoms with Gasteiger partial charge in [-0.25, -0.2) is 4.98 Å². The lowest BCUT2D eigenvalue weighted by Crippen LogP contribution is -2.06. The van der Waals surface area contributed by atoms with Gasteiger partial charge in [0.2, 0.25) is 0 Å². The molecule has 0 saturated carbocycles. The second kappa shape index (κ2) is 5.20. The first-order valence-electron chi connectivity index (χ1n) is 4.96. The maximum atomic E-state index is 6.08. The molecule has 0 aliphatic carbocycles. The van der Waals surface area contributed by atoms with E-state index in [1.807, 2.05) is 13.0 Å². The molecule has 0 aliphatic heterocycles. The third kappa shape index (κ3) is 3.18. The molecule has 3 heteroatoms. The largest absolute Gasteiger partial charge is 0.369 e. The molecule has 2 nitrogen and oxygen atoms in total. The first kappa shape index (κ1) is 11.3. The number of halogens is 1. The second-order valence-electron chi connectivity index (χ2n) is 3.90. The molecule has 0 unspecified atom stereocenters. The molecule has 1 heterocycles. The zero-order valence-electron chi connectivity index (χ0n) is 8.97. The van der Waals surface area contributed by atoms with Crippen molar-refractivity contribution in [2.75, 3.05) is 11.9 Å². The summed E-state index contributed by atoms with van der Waals surface area (Å²) in [7, 11) is 0. The zero-order valence-corrected chi connectivity index (χ0v) is 9.73. The molecule has 78 valence electrons. The minimum atomic E-state index is 0.700. The number of hydrogen-bond donors (Lipinski definition) is 1. The molecule has 14 heavy (non-hydrogen) atoms. The average molecular weight is 213 g/mol. The number of pyridine rings is 1. The molecular formula is C11H17ClN2. The average Bonchev–Trinajstić information content (AvgIpc) is 2.12. The van der Waals surface area contributed by atoms with Crippen molar-refractivity contribution in [1.82, 2.24) is 4.98 Å². The zero-order chi connectivity index (χ0) is 10.6. The third-order valence-corrected chi connectivity index (χ3v) is 2.57. The summed E-state index contributed by atoms with van der Waals surface area (Å²) >= 11 is 6.08. The van der Waals surface area contributed by atoms with Crippen molar-refractivity contribution >= 4 is 17.4 Å². The van der Waals surface area contributed by atoms with Crippen molar-refractivity contribution in [3.05, 3.63) is 22.8 Å². The van der Waals surface area contributed by atoms with Crippen LogP contribution in [0.2, 0.25) is 5.02 Å². The molecular weight excluding hydrogens is 196 g/mol. The van der Waals surface area contributed by atoms with Gasteiger partial charge in [-0.05, 0) is 30.9 Å². The Kier molecular flexibility index (Phi) is 4.21. The Hall–Kier alpha value is -0.760. The highest BCUT2D eigenvalue weighted by Gasteiger charge is 2.03. The molecule has 1 aromatic heterocycles. The maximum absolute atomic E-state index is 6.08. The Morgan fingerprint density at radius 3 is 2.86 bits per heavy atom. The van der Waals surface area contributed by atoms with Crippen LogP contribution in [0.25, 0.3) is 0 Å². The fraction of sp³-hybridized carbons (Fsp3) is 0.545. The molecule has 0 amide bonds. The standard InChI is InChI=1S/C11H17ClN2/c1-8(2)4-6-13-11-10(12)9(3)5-7-14-11/h5,7-8H,4,6H2,1-3H3,(H,13,14). The van der Waals surface area contributed by atoms with Gasteiger partial charge in [0, 0.05) is 12.7 Å². The number of hydrogen-bond acceptors (Lipinski definition) is 2. The molecule has 0 bridgehead atoms. The monoisotopic (exact) mass is 212 g/mol. The molecule has 0 aliphatic rings. The van der Waals surface area contributed by atoms with Gasteiger partial charge < -0.3 is 5.32 Å². The van der Waals surface area contributed by atoms with Gasteiger partial charge >= 0.3 is 0 Å². The minimum Gasteiger partial charge on any atom is -0.369 e. The summed E-state index contributed by atoms with van der Waals surface area (Å²) in [4.78, 5) is 4.19. The smallest absolute Gasteiger partial charge is 0.145 e. The van der Waals surface area contributed by atoms with Crippen LogP contribution >= 0.6 is 11.6 Å². The maximum Gasteiger partial charge on any atom is 0.145 e. The molecule has 1 N–H and O–H groups in total. The van der Waals surface area contributed by atoms with E-state index in [4.69, 9.17) is 11.6 Å². The van der Waals surface area contributed by atoms with Crippen molar-refractivity contribution in [1.29, 1.82) is 0 Å². The number of nitrogens with one attached hydrogen (secondary N) is 1. The van der Waals surface area contributed by atoms with E-state index < -0.39 is 0 Å². The van der Waals surface area contributed by atoms with Gasteiger partial charge in [-0.15, -0.1) is 0 Å². The highest BCUT2D eigenvalue weighted by atomic mass is 35.5. The lowest BCUT2D eigenvalue weighted by molar-refractivity contribution is 0.606. The van der Waals surface area contributed by atoms with Gasteiger partial charge in [0.15, 0.2) is 0 Å².